The van der Waals surface area contributed by atoms with E-state index in [2.05, 4.69) is 10.4 Å². The van der Waals surface area contributed by atoms with Gasteiger partial charge in [-0.15, -0.1) is 0 Å². The van der Waals surface area contributed by atoms with Crippen LogP contribution < -0.4 is 5.32 Å². The van der Waals surface area contributed by atoms with Gasteiger partial charge in [-0.3, -0.25) is 14.8 Å². The molecule has 1 heterocycles. The number of fused-ring (bicyclic) bond motifs is 1. The number of nitro groups is 1. The lowest BCUT2D eigenvalue weighted by Gasteiger charge is -2.25. The fraction of sp³-hybridized carbons (Fsp3) is 0.438. The first-order chi connectivity index (χ1) is 12.3. The average Bonchev–Trinajstić information content (AvgIpc) is 2.98. The van der Waals surface area contributed by atoms with Crippen LogP contribution in [0.5, 0.6) is 0 Å². The zero-order valence-corrected chi connectivity index (χ0v) is 15.1. The second kappa shape index (κ2) is 7.04. The van der Waals surface area contributed by atoms with E-state index in [-0.39, 0.29) is 28.9 Å². The van der Waals surface area contributed by atoms with Crippen molar-refractivity contribution in [2.45, 2.75) is 36.7 Å². The summed E-state index contributed by atoms with van der Waals surface area (Å²) in [5.74, 6) is 0. The van der Waals surface area contributed by atoms with Crippen molar-refractivity contribution >= 4 is 21.2 Å². The standard InChI is InChI=1S/C16H20N4O5S/c1-26(24,25)11-5-6-14(16(9-11)20(22)23)18-13-3-2-4-15-12(13)10-17-19(15)7-8-21/h5-6,9-10,13,18,21H,2-4,7-8H2,1H3/t13-/m1/s1. The van der Waals surface area contributed by atoms with Crippen LogP contribution in [0, 0.1) is 10.1 Å². The Morgan fingerprint density at radius 2 is 2.23 bits per heavy atom. The fourth-order valence-electron chi connectivity index (χ4n) is 3.26. The van der Waals surface area contributed by atoms with Gasteiger partial charge in [-0.05, 0) is 31.4 Å². The number of nitrogens with one attached hydrogen (secondary N) is 1. The van der Waals surface area contributed by atoms with Gasteiger partial charge in [0.15, 0.2) is 9.84 Å². The number of anilines is 1. The summed E-state index contributed by atoms with van der Waals surface area (Å²) in [5, 5.41) is 28.0. The van der Waals surface area contributed by atoms with Gasteiger partial charge in [0.05, 0.1) is 35.2 Å². The zero-order valence-electron chi connectivity index (χ0n) is 14.3. The molecule has 0 saturated heterocycles. The normalized spacial score (nSPS) is 16.9. The Morgan fingerprint density at radius 1 is 1.46 bits per heavy atom. The Morgan fingerprint density at radius 3 is 2.88 bits per heavy atom. The molecule has 0 saturated carbocycles. The van der Waals surface area contributed by atoms with Crippen LogP contribution >= 0.6 is 0 Å². The Labute approximate surface area is 150 Å². The second-order valence-electron chi connectivity index (χ2n) is 6.29. The molecule has 10 heteroatoms. The van der Waals surface area contributed by atoms with Crippen molar-refractivity contribution in [3.8, 4) is 0 Å². The van der Waals surface area contributed by atoms with E-state index in [9.17, 15) is 18.5 Å². The van der Waals surface area contributed by atoms with E-state index in [1.807, 2.05) is 0 Å². The molecule has 26 heavy (non-hydrogen) atoms. The van der Waals surface area contributed by atoms with Gasteiger partial charge in [0, 0.05) is 23.6 Å². The maximum Gasteiger partial charge on any atom is 0.293 e. The molecule has 2 N–H and O–H groups in total. The largest absolute Gasteiger partial charge is 0.394 e. The summed E-state index contributed by atoms with van der Waals surface area (Å²) in [6, 6.07) is 3.72. The molecule has 1 aromatic carbocycles. The molecule has 0 spiro atoms. The molecule has 9 nitrogen and oxygen atoms in total. The molecule has 1 aliphatic carbocycles. The molecule has 0 bridgehead atoms. The van der Waals surface area contributed by atoms with Crippen molar-refractivity contribution in [1.82, 2.24) is 9.78 Å². The highest BCUT2D eigenvalue weighted by atomic mass is 32.2. The fourth-order valence-corrected chi connectivity index (χ4v) is 3.90. The summed E-state index contributed by atoms with van der Waals surface area (Å²) in [6.45, 7) is 0.399. The molecule has 0 amide bonds. The van der Waals surface area contributed by atoms with Crippen LogP contribution in [-0.2, 0) is 22.8 Å². The van der Waals surface area contributed by atoms with Crippen molar-refractivity contribution in [3.63, 3.8) is 0 Å². The van der Waals surface area contributed by atoms with Crippen molar-refractivity contribution in [3.05, 3.63) is 45.8 Å². The lowest BCUT2D eigenvalue weighted by molar-refractivity contribution is -0.384. The van der Waals surface area contributed by atoms with E-state index < -0.39 is 14.8 Å². The smallest absolute Gasteiger partial charge is 0.293 e. The van der Waals surface area contributed by atoms with Gasteiger partial charge >= 0.3 is 0 Å². The number of aliphatic hydroxyl groups excluding tert-OH is 1. The summed E-state index contributed by atoms with van der Waals surface area (Å²) in [7, 11) is -3.53. The highest BCUT2D eigenvalue weighted by Crippen LogP contribution is 2.36. The van der Waals surface area contributed by atoms with Gasteiger partial charge in [0.1, 0.15) is 5.69 Å². The molecule has 0 aliphatic heterocycles. The van der Waals surface area contributed by atoms with Crippen molar-refractivity contribution in [2.75, 3.05) is 18.2 Å². The van der Waals surface area contributed by atoms with Crippen molar-refractivity contribution in [2.24, 2.45) is 0 Å². The number of nitrogens with zero attached hydrogens (tertiary/aromatic N) is 3. The zero-order chi connectivity index (χ0) is 18.9. The molecule has 3 rings (SSSR count). The maximum atomic E-state index is 11.7. The number of hydrogen-bond donors (Lipinski definition) is 2. The summed E-state index contributed by atoms with van der Waals surface area (Å²) in [5.41, 5.74) is 1.96. The van der Waals surface area contributed by atoms with Gasteiger partial charge < -0.3 is 10.4 Å². The van der Waals surface area contributed by atoms with Crippen LogP contribution in [-0.4, -0.2) is 41.1 Å². The van der Waals surface area contributed by atoms with Gasteiger partial charge in [-0.1, -0.05) is 0 Å². The number of aromatic nitrogens is 2. The molecule has 0 radical (unpaired) electrons. The SMILES string of the molecule is CS(=O)(=O)c1ccc(N[C@@H]2CCCc3c2cnn3CCO)c([N+](=O)[O-])c1. The third-order valence-electron chi connectivity index (χ3n) is 4.50. The Kier molecular flexibility index (Phi) is 4.97. The number of hydrogen-bond acceptors (Lipinski definition) is 7. The van der Waals surface area contributed by atoms with Gasteiger partial charge in [0.25, 0.3) is 5.69 Å². The monoisotopic (exact) mass is 380 g/mol. The first kappa shape index (κ1) is 18.3. The first-order valence-electron chi connectivity index (χ1n) is 8.21. The van der Waals surface area contributed by atoms with Crippen molar-refractivity contribution in [1.29, 1.82) is 0 Å². The van der Waals surface area contributed by atoms with Crippen molar-refractivity contribution < 1.29 is 18.4 Å². The predicted molar refractivity (Wildman–Crippen MR) is 94.8 cm³/mol. The van der Waals surface area contributed by atoms with E-state index in [1.54, 1.807) is 10.9 Å². The number of nitro benzene ring substituents is 1. The van der Waals surface area contributed by atoms with Crippen LogP contribution in [0.25, 0.3) is 0 Å². The summed E-state index contributed by atoms with van der Waals surface area (Å²) < 4.78 is 25.1. The van der Waals surface area contributed by atoms with E-state index in [0.717, 1.165) is 42.8 Å². The van der Waals surface area contributed by atoms with Gasteiger partial charge in [0.2, 0.25) is 0 Å². The highest BCUT2D eigenvalue weighted by Gasteiger charge is 2.27. The summed E-state index contributed by atoms with van der Waals surface area (Å²) in [4.78, 5) is 10.7. The second-order valence-corrected chi connectivity index (χ2v) is 8.31. The first-order valence-corrected chi connectivity index (χ1v) is 10.1. The number of rotatable bonds is 6. The Bertz CT molecular complexity index is 938. The van der Waals surface area contributed by atoms with E-state index in [4.69, 9.17) is 5.11 Å². The molecule has 1 atom stereocenters. The number of aliphatic hydroxyl groups is 1. The maximum absolute atomic E-state index is 11.7. The van der Waals surface area contributed by atoms with Crippen LogP contribution in [0.4, 0.5) is 11.4 Å². The third-order valence-corrected chi connectivity index (χ3v) is 5.61. The van der Waals surface area contributed by atoms with Crippen LogP contribution in [0.2, 0.25) is 0 Å². The minimum Gasteiger partial charge on any atom is -0.394 e. The minimum atomic E-state index is -3.53. The molecule has 0 fully saturated rings. The van der Waals surface area contributed by atoms with E-state index in [0.29, 0.717) is 6.54 Å². The number of sulfone groups is 1. The van der Waals surface area contributed by atoms with Gasteiger partial charge in [-0.2, -0.15) is 5.10 Å². The molecule has 0 unspecified atom stereocenters. The minimum absolute atomic E-state index is 0.00928. The lowest BCUT2D eigenvalue weighted by atomic mass is 9.92. The molecule has 1 aliphatic rings. The molecular formula is C16H20N4O5S. The topological polar surface area (TPSA) is 127 Å². The molecule has 1 aromatic heterocycles. The molecule has 2 aromatic rings. The van der Waals surface area contributed by atoms with Crippen LogP contribution in [0.15, 0.2) is 29.3 Å². The van der Waals surface area contributed by atoms with Gasteiger partial charge in [-0.25, -0.2) is 8.42 Å². The highest BCUT2D eigenvalue weighted by molar-refractivity contribution is 7.90. The van der Waals surface area contributed by atoms with Crippen LogP contribution in [0.1, 0.15) is 30.1 Å². The predicted octanol–water partition coefficient (Wildman–Crippen LogP) is 1.68. The van der Waals surface area contributed by atoms with Crippen LogP contribution in [0.3, 0.4) is 0 Å². The molecule has 140 valence electrons. The Balaban J connectivity index is 1.94. The quantitative estimate of drug-likeness (QED) is 0.576. The Hall–Kier alpha value is -2.46. The van der Waals surface area contributed by atoms with E-state index in [1.165, 1.54) is 12.1 Å². The molecular weight excluding hydrogens is 360 g/mol. The third kappa shape index (κ3) is 3.56. The summed E-state index contributed by atoms with van der Waals surface area (Å²) in [6.07, 6.45) is 5.24. The summed E-state index contributed by atoms with van der Waals surface area (Å²) >= 11 is 0. The van der Waals surface area contributed by atoms with E-state index >= 15 is 0 Å². The lowest BCUT2D eigenvalue weighted by Crippen LogP contribution is -2.19. The number of benzene rings is 1. The average molecular weight is 380 g/mol.